The molecule has 8 heteroatoms. The van der Waals surface area contributed by atoms with E-state index >= 15 is 0 Å². The van der Waals surface area contributed by atoms with Gasteiger partial charge in [0.2, 0.25) is 0 Å². The zero-order chi connectivity index (χ0) is 17.5. The molecule has 0 unspecified atom stereocenters. The van der Waals surface area contributed by atoms with E-state index in [4.69, 9.17) is 10.00 Å². The van der Waals surface area contributed by atoms with Crippen LogP contribution in [0.1, 0.15) is 11.1 Å². The molecule has 6 nitrogen and oxygen atoms in total. The minimum Gasteiger partial charge on any atom is -0.506 e. The fourth-order valence-electron chi connectivity index (χ4n) is 1.72. The highest BCUT2D eigenvalue weighted by Gasteiger charge is 2.07. The third-order valence-corrected chi connectivity index (χ3v) is 4.26. The Morgan fingerprint density at radius 3 is 2.88 bits per heavy atom. The number of hydrazone groups is 1. The van der Waals surface area contributed by atoms with Crippen LogP contribution in [0.2, 0.25) is 0 Å². The second-order valence-corrected chi connectivity index (χ2v) is 6.92. The van der Waals surface area contributed by atoms with E-state index in [9.17, 15) is 9.90 Å². The van der Waals surface area contributed by atoms with Crippen molar-refractivity contribution in [2.45, 2.75) is 0 Å². The summed E-state index contributed by atoms with van der Waals surface area (Å²) >= 11 is 4.15. The standard InChI is InChI=1S/C16H11I2N3O3/c17-12-5-11(16(23)13(18)6-12)8-20-21-15(22)9-24-14-4-2-1-3-10(14)7-19/h1-6,8,23H,9H2,(H,21,22)/b20-8+. The van der Waals surface area contributed by atoms with E-state index in [0.717, 1.165) is 3.57 Å². The fourth-order valence-corrected chi connectivity index (χ4v) is 3.61. The van der Waals surface area contributed by atoms with Crippen molar-refractivity contribution < 1.29 is 14.6 Å². The van der Waals surface area contributed by atoms with E-state index < -0.39 is 5.91 Å². The quantitative estimate of drug-likeness (QED) is 0.342. The second-order valence-electron chi connectivity index (χ2n) is 4.52. The molecule has 122 valence electrons. The number of para-hydroxylation sites is 1. The molecule has 24 heavy (non-hydrogen) atoms. The zero-order valence-electron chi connectivity index (χ0n) is 12.2. The van der Waals surface area contributed by atoms with Crippen molar-refractivity contribution in [3.05, 3.63) is 54.7 Å². The Hall–Kier alpha value is -1.87. The second kappa shape index (κ2) is 8.84. The Kier molecular flexibility index (Phi) is 6.80. The maximum absolute atomic E-state index is 11.7. The van der Waals surface area contributed by atoms with E-state index in [2.05, 4.69) is 33.1 Å². The number of phenols is 1. The number of amides is 1. The van der Waals surface area contributed by atoms with Gasteiger partial charge in [-0.05, 0) is 69.4 Å². The summed E-state index contributed by atoms with van der Waals surface area (Å²) < 4.78 is 6.94. The lowest BCUT2D eigenvalue weighted by atomic mass is 10.2. The number of carbonyl (C=O) groups excluding carboxylic acids is 1. The molecule has 0 radical (unpaired) electrons. The van der Waals surface area contributed by atoms with E-state index in [1.165, 1.54) is 6.21 Å². The highest BCUT2D eigenvalue weighted by atomic mass is 127. The average Bonchev–Trinajstić information content (AvgIpc) is 2.57. The number of nitrogens with zero attached hydrogens (tertiary/aromatic N) is 2. The van der Waals surface area contributed by atoms with Crippen LogP contribution < -0.4 is 10.2 Å². The summed E-state index contributed by atoms with van der Waals surface area (Å²) in [5.74, 6) is -0.0315. The molecule has 0 aromatic heterocycles. The van der Waals surface area contributed by atoms with Crippen LogP contribution in [0.5, 0.6) is 11.5 Å². The molecular formula is C16H11I2N3O3. The molecule has 0 atom stereocenters. The molecule has 0 spiro atoms. The van der Waals surface area contributed by atoms with Gasteiger partial charge in [0.1, 0.15) is 17.6 Å². The molecule has 0 heterocycles. The predicted molar refractivity (Wildman–Crippen MR) is 106 cm³/mol. The van der Waals surface area contributed by atoms with Crippen molar-refractivity contribution in [3.63, 3.8) is 0 Å². The van der Waals surface area contributed by atoms with Crippen LogP contribution in [0.25, 0.3) is 0 Å². The summed E-state index contributed by atoms with van der Waals surface area (Å²) in [7, 11) is 0. The Morgan fingerprint density at radius 1 is 1.38 bits per heavy atom. The molecule has 0 aliphatic carbocycles. The van der Waals surface area contributed by atoms with Gasteiger partial charge in [-0.1, -0.05) is 12.1 Å². The Balaban J connectivity index is 1.93. The van der Waals surface area contributed by atoms with Crippen molar-refractivity contribution in [1.82, 2.24) is 5.43 Å². The third-order valence-electron chi connectivity index (χ3n) is 2.82. The van der Waals surface area contributed by atoms with Gasteiger partial charge in [0, 0.05) is 9.13 Å². The number of phenolic OH excluding ortho intramolecular Hbond substituents is 1. The molecule has 0 saturated heterocycles. The topological polar surface area (TPSA) is 94.7 Å². The largest absolute Gasteiger partial charge is 0.506 e. The number of aromatic hydroxyl groups is 1. The van der Waals surface area contributed by atoms with Gasteiger partial charge in [0.05, 0.1) is 15.3 Å². The molecular weight excluding hydrogens is 536 g/mol. The van der Waals surface area contributed by atoms with Gasteiger partial charge in [-0.2, -0.15) is 10.4 Å². The van der Waals surface area contributed by atoms with Crippen LogP contribution in [-0.4, -0.2) is 23.8 Å². The zero-order valence-corrected chi connectivity index (χ0v) is 16.5. The lowest BCUT2D eigenvalue weighted by Gasteiger charge is -2.06. The van der Waals surface area contributed by atoms with Crippen molar-refractivity contribution in [3.8, 4) is 17.6 Å². The number of hydrogen-bond acceptors (Lipinski definition) is 5. The lowest BCUT2D eigenvalue weighted by molar-refractivity contribution is -0.123. The number of rotatable bonds is 5. The van der Waals surface area contributed by atoms with Gasteiger partial charge >= 0.3 is 0 Å². The minimum atomic E-state index is -0.473. The Bertz CT molecular complexity index is 832. The first-order chi connectivity index (χ1) is 11.5. The van der Waals surface area contributed by atoms with Crippen molar-refractivity contribution in [1.29, 1.82) is 5.26 Å². The van der Waals surface area contributed by atoms with Crippen LogP contribution in [-0.2, 0) is 4.79 Å². The molecule has 2 N–H and O–H groups in total. The number of benzene rings is 2. The lowest BCUT2D eigenvalue weighted by Crippen LogP contribution is -2.24. The average molecular weight is 547 g/mol. The molecule has 0 aliphatic rings. The summed E-state index contributed by atoms with van der Waals surface area (Å²) in [5.41, 5.74) is 3.17. The van der Waals surface area contributed by atoms with Gasteiger partial charge in [-0.15, -0.1) is 0 Å². The Labute approximate surface area is 165 Å². The van der Waals surface area contributed by atoms with E-state index in [-0.39, 0.29) is 12.4 Å². The van der Waals surface area contributed by atoms with Gasteiger partial charge in [-0.25, -0.2) is 5.43 Å². The molecule has 0 aliphatic heterocycles. The SMILES string of the molecule is N#Cc1ccccc1OCC(=O)N/N=C/c1cc(I)cc(I)c1O. The minimum absolute atomic E-state index is 0.105. The maximum Gasteiger partial charge on any atom is 0.277 e. The first-order valence-corrected chi connectivity index (χ1v) is 8.79. The van der Waals surface area contributed by atoms with E-state index in [1.807, 2.05) is 34.7 Å². The van der Waals surface area contributed by atoms with Gasteiger partial charge in [-0.3, -0.25) is 4.79 Å². The molecule has 1 amide bonds. The number of halogens is 2. The highest BCUT2D eigenvalue weighted by molar-refractivity contribution is 14.1. The normalized spacial score (nSPS) is 10.4. The van der Waals surface area contributed by atoms with Gasteiger partial charge in [0.25, 0.3) is 5.91 Å². The van der Waals surface area contributed by atoms with E-state index in [1.54, 1.807) is 30.3 Å². The first-order valence-electron chi connectivity index (χ1n) is 6.63. The number of carbonyl (C=O) groups is 1. The monoisotopic (exact) mass is 547 g/mol. The van der Waals surface area contributed by atoms with Crippen molar-refractivity contribution >= 4 is 57.3 Å². The van der Waals surface area contributed by atoms with Crippen LogP contribution in [0.15, 0.2) is 41.5 Å². The summed E-state index contributed by atoms with van der Waals surface area (Å²) in [6.45, 7) is -0.272. The maximum atomic E-state index is 11.7. The highest BCUT2D eigenvalue weighted by Crippen LogP contribution is 2.25. The Morgan fingerprint density at radius 2 is 2.12 bits per heavy atom. The molecule has 0 saturated carbocycles. The number of nitrogens with one attached hydrogen (secondary N) is 1. The third kappa shape index (κ3) is 5.07. The van der Waals surface area contributed by atoms with Gasteiger partial charge in [0.15, 0.2) is 6.61 Å². The number of hydrogen-bond donors (Lipinski definition) is 2. The van der Waals surface area contributed by atoms with Crippen LogP contribution in [0.3, 0.4) is 0 Å². The molecule has 0 bridgehead atoms. The van der Waals surface area contributed by atoms with Crippen LogP contribution in [0.4, 0.5) is 0 Å². The van der Waals surface area contributed by atoms with Gasteiger partial charge < -0.3 is 9.84 Å². The summed E-state index contributed by atoms with van der Waals surface area (Å²) in [6, 6.07) is 12.2. The van der Waals surface area contributed by atoms with Crippen LogP contribution >= 0.6 is 45.2 Å². The molecule has 2 rings (SSSR count). The summed E-state index contributed by atoms with van der Waals surface area (Å²) in [5, 5.41) is 22.7. The molecule has 0 fully saturated rings. The summed E-state index contributed by atoms with van der Waals surface area (Å²) in [4.78, 5) is 11.7. The first kappa shape index (κ1) is 18.5. The summed E-state index contributed by atoms with van der Waals surface area (Å²) in [6.07, 6.45) is 1.36. The van der Waals surface area contributed by atoms with Crippen molar-refractivity contribution in [2.75, 3.05) is 6.61 Å². The molecule has 2 aromatic rings. The van der Waals surface area contributed by atoms with Crippen molar-refractivity contribution in [2.24, 2.45) is 5.10 Å². The predicted octanol–water partition coefficient (Wildman–Crippen LogP) is 3.00. The fraction of sp³-hybridized carbons (Fsp3) is 0.0625. The van der Waals surface area contributed by atoms with Crippen LogP contribution in [0, 0.1) is 18.5 Å². The smallest absolute Gasteiger partial charge is 0.277 e. The number of nitriles is 1. The van der Waals surface area contributed by atoms with E-state index in [0.29, 0.717) is 20.4 Å². The number of ether oxygens (including phenoxy) is 1. The molecule has 2 aromatic carbocycles.